The highest BCUT2D eigenvalue weighted by atomic mass is 16.5. The monoisotopic (exact) mass is 1100 g/mol. The van der Waals surface area contributed by atoms with Crippen molar-refractivity contribution >= 4 is 0 Å². The molecule has 0 amide bonds. The standard InChI is InChI=1S/C31H32O2.2C22H22O2.2CH4/c1-21-7-13-29(19-23(21)3)32-27-15-9-25(10-16-27)31(5,6)26-11-17-28(18-12-26)33-30-14-8-22(2)24(4)20-30;1-15-5-7-21(13-17(15)3)23-19-9-11-20(12-10-19)24-22-8-6-16(2)18(4)14-22;1-15-8-10-21(12-17(15)3)23-19-6-5-7-20(14-19)24-22-11-9-16(2)18(4)13-22;;/h7-20H,1-6H3;2*5-14H,1-4H3;2*1H4. The lowest BCUT2D eigenvalue weighted by Crippen LogP contribution is -2.18. The van der Waals surface area contributed by atoms with E-state index in [0.29, 0.717) is 0 Å². The van der Waals surface area contributed by atoms with Gasteiger partial charge in [0.1, 0.15) is 69.0 Å². The smallest absolute Gasteiger partial charge is 0.131 e. The van der Waals surface area contributed by atoms with Crippen LogP contribution < -0.4 is 28.4 Å². The van der Waals surface area contributed by atoms with Crippen molar-refractivity contribution in [3.63, 3.8) is 0 Å². The average molecular weight is 1110 g/mol. The van der Waals surface area contributed by atoms with Crippen LogP contribution >= 0.6 is 0 Å². The molecular weight excluding hydrogens is 1020 g/mol. The normalized spacial score (nSPS) is 10.6. The van der Waals surface area contributed by atoms with Gasteiger partial charge in [0.2, 0.25) is 0 Å². The molecule has 428 valence electrons. The van der Waals surface area contributed by atoms with Crippen molar-refractivity contribution in [1.82, 2.24) is 0 Å². The number of ether oxygens (including phenoxy) is 6. The fourth-order valence-corrected chi connectivity index (χ4v) is 8.70. The van der Waals surface area contributed by atoms with Gasteiger partial charge in [-0.25, -0.2) is 0 Å². The van der Waals surface area contributed by atoms with Crippen molar-refractivity contribution in [2.75, 3.05) is 0 Å². The second kappa shape index (κ2) is 28.6. The zero-order valence-electron chi connectivity index (χ0n) is 49.6. The summed E-state index contributed by atoms with van der Waals surface area (Å²) in [5, 5.41) is 0. The summed E-state index contributed by atoms with van der Waals surface area (Å²) in [4.78, 5) is 0. The van der Waals surface area contributed by atoms with Crippen LogP contribution in [0.15, 0.2) is 206 Å². The molecule has 0 heterocycles. The summed E-state index contributed by atoms with van der Waals surface area (Å²) in [6, 6.07) is 69.0. The van der Waals surface area contributed by atoms with Gasteiger partial charge in [-0.05, 0) is 294 Å². The molecule has 0 atom stereocenters. The van der Waals surface area contributed by atoms with E-state index >= 15 is 0 Å². The Bertz CT molecular complexity index is 3500. The molecule has 10 aromatic rings. The van der Waals surface area contributed by atoms with Gasteiger partial charge < -0.3 is 28.4 Å². The molecule has 6 nitrogen and oxygen atoms in total. The van der Waals surface area contributed by atoms with E-state index in [1.165, 1.54) is 77.9 Å². The maximum absolute atomic E-state index is 6.06. The van der Waals surface area contributed by atoms with Crippen LogP contribution in [0.2, 0.25) is 0 Å². The summed E-state index contributed by atoms with van der Waals surface area (Å²) >= 11 is 0. The summed E-state index contributed by atoms with van der Waals surface area (Å²) in [5.74, 6) is 9.90. The SMILES string of the molecule is C.C.Cc1ccc(Oc2ccc(C(C)(C)c3ccc(Oc4ccc(C)c(C)c4)cc3)cc2)cc1C.Cc1ccc(Oc2ccc(Oc3ccc(C)c(C)c3)cc2)cc1C.Cc1ccc(Oc2cccc(Oc3ccc(C)c(C)c3)c2)cc1C. The van der Waals surface area contributed by atoms with Crippen LogP contribution in [-0.4, -0.2) is 0 Å². The quantitative estimate of drug-likeness (QED) is 0.108. The van der Waals surface area contributed by atoms with Crippen molar-refractivity contribution < 1.29 is 28.4 Å². The van der Waals surface area contributed by atoms with E-state index in [1.54, 1.807) is 0 Å². The van der Waals surface area contributed by atoms with Crippen LogP contribution in [-0.2, 0) is 5.41 Å². The maximum Gasteiger partial charge on any atom is 0.131 e. The number of rotatable bonds is 14. The predicted molar refractivity (Wildman–Crippen MR) is 347 cm³/mol. The summed E-state index contributed by atoms with van der Waals surface area (Å²) in [7, 11) is 0. The van der Waals surface area contributed by atoms with E-state index in [2.05, 4.69) is 182 Å². The van der Waals surface area contributed by atoms with Gasteiger partial charge in [-0.15, -0.1) is 0 Å². The van der Waals surface area contributed by atoms with Gasteiger partial charge >= 0.3 is 0 Å². The highest BCUT2D eigenvalue weighted by molar-refractivity contribution is 5.47. The lowest BCUT2D eigenvalue weighted by Gasteiger charge is -2.26. The third kappa shape index (κ3) is 17.5. The van der Waals surface area contributed by atoms with Crippen LogP contribution in [0.4, 0.5) is 0 Å². The van der Waals surface area contributed by atoms with Gasteiger partial charge in [0.05, 0.1) is 0 Å². The van der Waals surface area contributed by atoms with Gasteiger partial charge in [0.15, 0.2) is 0 Å². The Balaban J connectivity index is 0.000000201. The third-order valence-electron chi connectivity index (χ3n) is 15.1. The number of aryl methyl sites for hydroxylation is 12. The Morgan fingerprint density at radius 1 is 0.193 bits per heavy atom. The molecule has 0 aliphatic carbocycles. The van der Waals surface area contributed by atoms with Crippen molar-refractivity contribution in [3.05, 3.63) is 284 Å². The number of hydrogen-bond acceptors (Lipinski definition) is 6. The molecule has 0 unspecified atom stereocenters. The van der Waals surface area contributed by atoms with E-state index in [4.69, 9.17) is 28.4 Å². The third-order valence-corrected chi connectivity index (χ3v) is 15.1. The first-order valence-corrected chi connectivity index (χ1v) is 27.7. The molecule has 10 rings (SSSR count). The van der Waals surface area contributed by atoms with E-state index < -0.39 is 0 Å². The Hall–Kier alpha value is -9.00. The molecule has 6 heteroatoms. The van der Waals surface area contributed by atoms with Gasteiger partial charge in [-0.1, -0.05) is 95.4 Å². The van der Waals surface area contributed by atoms with Crippen LogP contribution in [0.25, 0.3) is 0 Å². The predicted octanol–water partition coefficient (Wildman–Crippen LogP) is 23.1. The fraction of sp³-hybridized carbons (Fsp3) is 0.221. The minimum atomic E-state index is -0.141. The lowest BCUT2D eigenvalue weighted by atomic mass is 9.78. The van der Waals surface area contributed by atoms with Crippen LogP contribution in [0.5, 0.6) is 69.0 Å². The van der Waals surface area contributed by atoms with Crippen molar-refractivity contribution in [2.45, 2.75) is 117 Å². The van der Waals surface area contributed by atoms with Gasteiger partial charge in [0, 0.05) is 11.5 Å². The molecule has 0 bridgehead atoms. The first-order chi connectivity index (χ1) is 38.7. The molecule has 0 N–H and O–H groups in total. The maximum atomic E-state index is 6.06. The summed E-state index contributed by atoms with van der Waals surface area (Å²) in [6.45, 7) is 29.6. The molecule has 0 spiro atoms. The number of hydrogen-bond donors (Lipinski definition) is 0. The van der Waals surface area contributed by atoms with E-state index in [1.807, 2.05) is 121 Å². The van der Waals surface area contributed by atoms with Gasteiger partial charge in [-0.2, -0.15) is 0 Å². The zero-order chi connectivity index (χ0) is 57.8. The van der Waals surface area contributed by atoms with Crippen LogP contribution in [0, 0.1) is 83.1 Å². The molecule has 10 aromatic carbocycles. The topological polar surface area (TPSA) is 55.4 Å². The van der Waals surface area contributed by atoms with Crippen LogP contribution in [0.3, 0.4) is 0 Å². The minimum absolute atomic E-state index is 0. The fourth-order valence-electron chi connectivity index (χ4n) is 8.70. The second-order valence-electron chi connectivity index (χ2n) is 21.7. The molecule has 0 saturated carbocycles. The molecule has 83 heavy (non-hydrogen) atoms. The second-order valence-corrected chi connectivity index (χ2v) is 21.7. The van der Waals surface area contributed by atoms with Crippen molar-refractivity contribution in [2.24, 2.45) is 0 Å². The Labute approximate surface area is 496 Å². The first kappa shape index (κ1) is 63.2. The Morgan fingerprint density at radius 2 is 0.361 bits per heavy atom. The molecule has 0 fully saturated rings. The molecule has 0 aliphatic heterocycles. The largest absolute Gasteiger partial charge is 0.457 e. The molecule has 0 radical (unpaired) electrons. The number of benzene rings is 10. The molecule has 0 saturated heterocycles. The molecule has 0 aliphatic rings. The summed E-state index contributed by atoms with van der Waals surface area (Å²) < 4.78 is 35.8. The minimum Gasteiger partial charge on any atom is -0.457 e. The van der Waals surface area contributed by atoms with Gasteiger partial charge in [-0.3, -0.25) is 0 Å². The molecular formula is C77H84O6. The van der Waals surface area contributed by atoms with E-state index in [0.717, 1.165) is 69.0 Å². The zero-order valence-corrected chi connectivity index (χ0v) is 49.6. The van der Waals surface area contributed by atoms with Crippen LogP contribution in [0.1, 0.15) is 107 Å². The highest BCUT2D eigenvalue weighted by Gasteiger charge is 2.23. The first-order valence-electron chi connectivity index (χ1n) is 27.7. The van der Waals surface area contributed by atoms with E-state index in [-0.39, 0.29) is 20.3 Å². The summed E-state index contributed by atoms with van der Waals surface area (Å²) in [5.41, 5.74) is 17.3. The molecule has 0 aromatic heterocycles. The Morgan fingerprint density at radius 3 is 0.566 bits per heavy atom. The Kier molecular flexibility index (Phi) is 21.8. The van der Waals surface area contributed by atoms with Crippen molar-refractivity contribution in [3.8, 4) is 69.0 Å². The highest BCUT2D eigenvalue weighted by Crippen LogP contribution is 2.36. The summed E-state index contributed by atoms with van der Waals surface area (Å²) in [6.07, 6.45) is 0. The average Bonchev–Trinajstić information content (AvgIpc) is 3.49. The lowest BCUT2D eigenvalue weighted by molar-refractivity contribution is 0.460. The van der Waals surface area contributed by atoms with Crippen molar-refractivity contribution in [1.29, 1.82) is 0 Å². The van der Waals surface area contributed by atoms with Gasteiger partial charge in [0.25, 0.3) is 0 Å². The van der Waals surface area contributed by atoms with E-state index in [9.17, 15) is 0 Å².